The number of thiazole rings is 1. The fourth-order valence-electron chi connectivity index (χ4n) is 1.40. The third kappa shape index (κ3) is 3.55. The summed E-state index contributed by atoms with van der Waals surface area (Å²) in [4.78, 5) is 5.41. The molecule has 0 aromatic carbocycles. The smallest absolute Gasteiger partial charge is 0.0798 e. The van der Waals surface area contributed by atoms with E-state index in [1.807, 2.05) is 12.4 Å². The molecule has 4 heteroatoms. The van der Waals surface area contributed by atoms with E-state index in [2.05, 4.69) is 18.8 Å². The Morgan fingerprint density at radius 3 is 2.73 bits per heavy atom. The van der Waals surface area contributed by atoms with Gasteiger partial charge in [-0.1, -0.05) is 0 Å². The first-order valence-corrected chi connectivity index (χ1v) is 6.05. The summed E-state index contributed by atoms with van der Waals surface area (Å²) >= 11 is 1.64. The van der Waals surface area contributed by atoms with Gasteiger partial charge in [-0.25, -0.2) is 4.98 Å². The molecule has 1 atom stereocenters. The van der Waals surface area contributed by atoms with Gasteiger partial charge >= 0.3 is 0 Å². The van der Waals surface area contributed by atoms with Crippen LogP contribution in [-0.2, 0) is 4.74 Å². The Morgan fingerprint density at radius 2 is 2.27 bits per heavy atom. The van der Waals surface area contributed by atoms with Gasteiger partial charge in [-0.3, -0.25) is 0 Å². The van der Waals surface area contributed by atoms with Crippen molar-refractivity contribution < 1.29 is 4.74 Å². The first kappa shape index (κ1) is 12.6. The summed E-state index contributed by atoms with van der Waals surface area (Å²) in [7, 11) is 1.74. The molecule has 2 N–H and O–H groups in total. The van der Waals surface area contributed by atoms with Crippen LogP contribution in [0, 0.1) is 6.92 Å². The van der Waals surface area contributed by atoms with Gasteiger partial charge in [-0.2, -0.15) is 0 Å². The molecule has 0 spiro atoms. The fourth-order valence-corrected chi connectivity index (χ4v) is 2.24. The minimum Gasteiger partial charge on any atom is -0.379 e. The standard InChI is InChI=1S/C11H20N2OS/c1-8-10(15-7-13-8)9(12)5-6-11(2,3)14-4/h7,9H,5-6,12H2,1-4H3. The molecule has 15 heavy (non-hydrogen) atoms. The third-order valence-corrected chi connectivity index (χ3v) is 3.79. The molecule has 1 heterocycles. The normalized spacial score (nSPS) is 14.2. The van der Waals surface area contributed by atoms with Crippen molar-refractivity contribution in [2.24, 2.45) is 5.73 Å². The number of hydrogen-bond donors (Lipinski definition) is 1. The Bertz CT molecular complexity index is 309. The van der Waals surface area contributed by atoms with Crippen LogP contribution in [0.3, 0.4) is 0 Å². The maximum atomic E-state index is 6.12. The third-order valence-electron chi connectivity index (χ3n) is 2.73. The molecule has 0 aliphatic rings. The summed E-state index contributed by atoms with van der Waals surface area (Å²) in [5.41, 5.74) is 8.94. The summed E-state index contributed by atoms with van der Waals surface area (Å²) in [6, 6.07) is 0.0897. The largest absolute Gasteiger partial charge is 0.379 e. The number of ether oxygens (including phenoxy) is 1. The van der Waals surface area contributed by atoms with Crippen molar-refractivity contribution in [1.29, 1.82) is 0 Å². The number of aryl methyl sites for hydroxylation is 1. The number of nitrogens with zero attached hydrogens (tertiary/aromatic N) is 1. The molecule has 0 aliphatic carbocycles. The first-order valence-electron chi connectivity index (χ1n) is 5.17. The van der Waals surface area contributed by atoms with Gasteiger partial charge in [-0.15, -0.1) is 11.3 Å². The van der Waals surface area contributed by atoms with Crippen molar-refractivity contribution in [3.63, 3.8) is 0 Å². The highest BCUT2D eigenvalue weighted by Crippen LogP contribution is 2.26. The molecule has 0 fully saturated rings. The van der Waals surface area contributed by atoms with Gasteiger partial charge in [0.25, 0.3) is 0 Å². The molecule has 1 unspecified atom stereocenters. The van der Waals surface area contributed by atoms with Crippen molar-refractivity contribution >= 4 is 11.3 Å². The molecular weight excluding hydrogens is 208 g/mol. The van der Waals surface area contributed by atoms with E-state index >= 15 is 0 Å². The quantitative estimate of drug-likeness (QED) is 0.843. The summed E-state index contributed by atoms with van der Waals surface area (Å²) < 4.78 is 5.37. The van der Waals surface area contributed by atoms with Gasteiger partial charge in [-0.05, 0) is 33.6 Å². The number of aromatic nitrogens is 1. The summed E-state index contributed by atoms with van der Waals surface area (Å²) in [5, 5.41) is 0. The Morgan fingerprint density at radius 1 is 1.60 bits per heavy atom. The molecule has 86 valence electrons. The van der Waals surface area contributed by atoms with Crippen LogP contribution in [0.25, 0.3) is 0 Å². The summed E-state index contributed by atoms with van der Waals surface area (Å²) in [5.74, 6) is 0. The first-order chi connectivity index (χ1) is 6.96. The van der Waals surface area contributed by atoms with Crippen LogP contribution in [-0.4, -0.2) is 17.7 Å². The van der Waals surface area contributed by atoms with Gasteiger partial charge in [0, 0.05) is 18.0 Å². The van der Waals surface area contributed by atoms with E-state index < -0.39 is 0 Å². The molecule has 0 saturated carbocycles. The molecule has 0 saturated heterocycles. The van der Waals surface area contributed by atoms with Gasteiger partial charge in [0.15, 0.2) is 0 Å². The molecular formula is C11H20N2OS. The van der Waals surface area contributed by atoms with Crippen molar-refractivity contribution in [3.8, 4) is 0 Å². The van der Waals surface area contributed by atoms with Crippen LogP contribution >= 0.6 is 11.3 Å². The topological polar surface area (TPSA) is 48.1 Å². The van der Waals surface area contributed by atoms with Crippen LogP contribution in [0.4, 0.5) is 0 Å². The average Bonchev–Trinajstić information content (AvgIpc) is 2.61. The molecule has 0 bridgehead atoms. The molecule has 0 aliphatic heterocycles. The van der Waals surface area contributed by atoms with E-state index in [-0.39, 0.29) is 11.6 Å². The summed E-state index contributed by atoms with van der Waals surface area (Å²) in [6.45, 7) is 6.17. The SMILES string of the molecule is COC(C)(C)CCC(N)c1scnc1C. The highest BCUT2D eigenvalue weighted by Gasteiger charge is 2.19. The Balaban J connectivity index is 2.50. The Labute approximate surface area is 95.7 Å². The van der Waals surface area contributed by atoms with Crippen LogP contribution in [0.5, 0.6) is 0 Å². The monoisotopic (exact) mass is 228 g/mol. The zero-order valence-electron chi connectivity index (χ0n) is 9.91. The minimum atomic E-state index is -0.0871. The second-order valence-corrected chi connectivity index (χ2v) is 5.30. The maximum absolute atomic E-state index is 6.12. The van der Waals surface area contributed by atoms with Crippen LogP contribution in [0.2, 0.25) is 0 Å². The van der Waals surface area contributed by atoms with Crippen LogP contribution < -0.4 is 5.73 Å². The van der Waals surface area contributed by atoms with Crippen molar-refractivity contribution in [2.75, 3.05) is 7.11 Å². The lowest BCUT2D eigenvalue weighted by atomic mass is 9.98. The van der Waals surface area contributed by atoms with E-state index in [4.69, 9.17) is 10.5 Å². The van der Waals surface area contributed by atoms with Gasteiger partial charge in [0.05, 0.1) is 16.8 Å². The van der Waals surface area contributed by atoms with E-state index in [1.54, 1.807) is 18.4 Å². The molecule has 1 aromatic rings. The highest BCUT2D eigenvalue weighted by atomic mass is 32.1. The maximum Gasteiger partial charge on any atom is 0.0798 e. The van der Waals surface area contributed by atoms with E-state index in [0.29, 0.717) is 0 Å². The van der Waals surface area contributed by atoms with Gasteiger partial charge < -0.3 is 10.5 Å². The van der Waals surface area contributed by atoms with E-state index in [0.717, 1.165) is 18.5 Å². The number of hydrogen-bond acceptors (Lipinski definition) is 4. The molecule has 1 rings (SSSR count). The molecule has 1 aromatic heterocycles. The Kier molecular flexibility index (Phi) is 4.25. The Hall–Kier alpha value is -0.450. The number of methoxy groups -OCH3 is 1. The second-order valence-electron chi connectivity index (χ2n) is 4.41. The average molecular weight is 228 g/mol. The van der Waals surface area contributed by atoms with E-state index in [1.165, 1.54) is 4.88 Å². The predicted octanol–water partition coefficient (Wildman–Crippen LogP) is 2.66. The van der Waals surface area contributed by atoms with Gasteiger partial charge in [0.2, 0.25) is 0 Å². The van der Waals surface area contributed by atoms with Crippen molar-refractivity contribution in [3.05, 3.63) is 16.1 Å². The van der Waals surface area contributed by atoms with Crippen LogP contribution in [0.15, 0.2) is 5.51 Å². The highest BCUT2D eigenvalue weighted by molar-refractivity contribution is 7.09. The van der Waals surface area contributed by atoms with Crippen LogP contribution in [0.1, 0.15) is 43.3 Å². The molecule has 3 nitrogen and oxygen atoms in total. The fraction of sp³-hybridized carbons (Fsp3) is 0.727. The predicted molar refractivity (Wildman–Crippen MR) is 64.1 cm³/mol. The lowest BCUT2D eigenvalue weighted by molar-refractivity contribution is 0.0125. The number of rotatable bonds is 5. The zero-order chi connectivity index (χ0) is 11.5. The minimum absolute atomic E-state index is 0.0871. The van der Waals surface area contributed by atoms with E-state index in [9.17, 15) is 0 Å². The molecule has 0 amide bonds. The summed E-state index contributed by atoms with van der Waals surface area (Å²) in [6.07, 6.45) is 1.89. The number of nitrogens with two attached hydrogens (primary N) is 1. The van der Waals surface area contributed by atoms with Gasteiger partial charge in [0.1, 0.15) is 0 Å². The second kappa shape index (κ2) is 5.05. The zero-order valence-corrected chi connectivity index (χ0v) is 10.7. The van der Waals surface area contributed by atoms with Crippen molar-refractivity contribution in [1.82, 2.24) is 4.98 Å². The lowest BCUT2D eigenvalue weighted by Gasteiger charge is -2.24. The lowest BCUT2D eigenvalue weighted by Crippen LogP contribution is -2.24. The van der Waals surface area contributed by atoms with Crippen molar-refractivity contribution in [2.45, 2.75) is 45.3 Å². The molecule has 0 radical (unpaired) electrons.